The molecule has 1 aliphatic rings. The summed E-state index contributed by atoms with van der Waals surface area (Å²) < 4.78 is 50.4. The average Bonchev–Trinajstić information content (AvgIpc) is 2.86. The summed E-state index contributed by atoms with van der Waals surface area (Å²) in [5.41, 5.74) is 2.52. The van der Waals surface area contributed by atoms with E-state index in [0.717, 1.165) is 0 Å². The first kappa shape index (κ1) is 25.1. The minimum atomic E-state index is -0.854. The highest BCUT2D eigenvalue weighted by atomic mass is 19.2. The van der Waals surface area contributed by atoms with E-state index in [2.05, 4.69) is 6.58 Å². The zero-order chi connectivity index (χ0) is 24.9. The molecule has 0 bridgehead atoms. The lowest BCUT2D eigenvalue weighted by molar-refractivity contribution is 0.199. The Morgan fingerprint density at radius 3 is 2.14 bits per heavy atom. The lowest BCUT2D eigenvalue weighted by atomic mass is 9.75. The molecule has 1 fully saturated rings. The number of hydrogen-bond donors (Lipinski definition) is 1. The van der Waals surface area contributed by atoms with Gasteiger partial charge >= 0.3 is 0 Å². The van der Waals surface area contributed by atoms with Crippen LogP contribution in [0.25, 0.3) is 11.1 Å². The van der Waals surface area contributed by atoms with Gasteiger partial charge in [-0.1, -0.05) is 48.5 Å². The Hall–Kier alpha value is -3.05. The smallest absolute Gasteiger partial charge is 0.166 e. The van der Waals surface area contributed by atoms with Gasteiger partial charge in [-0.05, 0) is 79.2 Å². The molecular weight excluding hydrogens is 449 g/mol. The second kappa shape index (κ2) is 11.1. The molecule has 0 heterocycles. The van der Waals surface area contributed by atoms with Gasteiger partial charge in [0.25, 0.3) is 0 Å². The molecular formula is C30H31F3O2. The van der Waals surface area contributed by atoms with Gasteiger partial charge in [0.15, 0.2) is 11.6 Å². The summed E-state index contributed by atoms with van der Waals surface area (Å²) in [7, 11) is 0. The predicted molar refractivity (Wildman–Crippen MR) is 133 cm³/mol. The van der Waals surface area contributed by atoms with Crippen molar-refractivity contribution < 1.29 is 23.0 Å². The van der Waals surface area contributed by atoms with Gasteiger partial charge in [0.2, 0.25) is 0 Å². The van der Waals surface area contributed by atoms with E-state index in [1.54, 1.807) is 61.5 Å². The van der Waals surface area contributed by atoms with Crippen LogP contribution in [0.1, 0.15) is 73.7 Å². The van der Waals surface area contributed by atoms with Crippen molar-refractivity contribution in [3.05, 3.63) is 101 Å². The van der Waals surface area contributed by atoms with Gasteiger partial charge in [-0.25, -0.2) is 13.2 Å². The second-order valence-corrected chi connectivity index (χ2v) is 9.29. The number of aliphatic hydroxyl groups is 1. The van der Waals surface area contributed by atoms with E-state index in [4.69, 9.17) is 4.74 Å². The van der Waals surface area contributed by atoms with Crippen molar-refractivity contribution in [1.82, 2.24) is 0 Å². The zero-order valence-corrected chi connectivity index (χ0v) is 19.9. The molecule has 3 aromatic rings. The average molecular weight is 481 g/mol. The number of hydrogen-bond acceptors (Lipinski definition) is 2. The molecule has 5 heteroatoms. The third-order valence-corrected chi connectivity index (χ3v) is 6.99. The van der Waals surface area contributed by atoms with Crippen LogP contribution < -0.4 is 4.74 Å². The van der Waals surface area contributed by atoms with E-state index in [-0.39, 0.29) is 23.2 Å². The van der Waals surface area contributed by atoms with Gasteiger partial charge in [0.1, 0.15) is 11.6 Å². The highest BCUT2D eigenvalue weighted by Gasteiger charge is 2.28. The Balaban J connectivity index is 1.44. The monoisotopic (exact) mass is 480 g/mol. The van der Waals surface area contributed by atoms with Crippen LogP contribution in [-0.2, 0) is 0 Å². The molecule has 0 aromatic heterocycles. The van der Waals surface area contributed by atoms with E-state index in [9.17, 15) is 9.50 Å². The third-order valence-electron chi connectivity index (χ3n) is 6.99. The predicted octanol–water partition coefficient (Wildman–Crippen LogP) is 8.22. The summed E-state index contributed by atoms with van der Waals surface area (Å²) in [4.78, 5) is 0. The van der Waals surface area contributed by atoms with Crippen LogP contribution >= 0.6 is 0 Å². The van der Waals surface area contributed by atoms with Crippen molar-refractivity contribution in [1.29, 1.82) is 0 Å². The standard InChI is InChI=1S/C30H31F3O2/c1-3-4-17-35-24-13-14-25(28(31)18-24)21-9-11-23(12-10-21)27-16-15-26(29(32)30(27)33)22-7-5-20(6-8-22)19(2)34/h3,5-8,13-16,18-19,21,23,34H,1,4,9-12,17H2,2H3. The number of rotatable bonds is 8. The topological polar surface area (TPSA) is 29.5 Å². The Kier molecular flexibility index (Phi) is 7.97. The fraction of sp³-hybridized carbons (Fsp3) is 0.333. The minimum Gasteiger partial charge on any atom is -0.493 e. The molecule has 35 heavy (non-hydrogen) atoms. The molecule has 0 spiro atoms. The molecule has 1 atom stereocenters. The fourth-order valence-corrected chi connectivity index (χ4v) is 4.95. The van der Waals surface area contributed by atoms with Crippen molar-refractivity contribution in [2.75, 3.05) is 6.61 Å². The number of aliphatic hydroxyl groups excluding tert-OH is 1. The van der Waals surface area contributed by atoms with Crippen molar-refractivity contribution in [3.63, 3.8) is 0 Å². The van der Waals surface area contributed by atoms with Crippen LogP contribution in [0.2, 0.25) is 0 Å². The lowest BCUT2D eigenvalue weighted by Crippen LogP contribution is -2.15. The lowest BCUT2D eigenvalue weighted by Gasteiger charge is -2.30. The van der Waals surface area contributed by atoms with Gasteiger partial charge in [0, 0.05) is 11.6 Å². The largest absolute Gasteiger partial charge is 0.493 e. The highest BCUT2D eigenvalue weighted by Crippen LogP contribution is 2.43. The zero-order valence-electron chi connectivity index (χ0n) is 19.9. The molecule has 1 saturated carbocycles. The molecule has 0 saturated heterocycles. The molecule has 0 radical (unpaired) electrons. The van der Waals surface area contributed by atoms with Gasteiger partial charge in [-0.15, -0.1) is 6.58 Å². The summed E-state index contributed by atoms with van der Waals surface area (Å²) in [6, 6.07) is 15.1. The van der Waals surface area contributed by atoms with Crippen LogP contribution in [0.5, 0.6) is 5.75 Å². The summed E-state index contributed by atoms with van der Waals surface area (Å²) in [6.45, 7) is 5.76. The quantitative estimate of drug-likeness (QED) is 0.260. The van der Waals surface area contributed by atoms with Crippen LogP contribution in [0.3, 0.4) is 0 Å². The Bertz CT molecular complexity index is 1160. The van der Waals surface area contributed by atoms with Gasteiger partial charge in [0.05, 0.1) is 12.7 Å². The van der Waals surface area contributed by atoms with E-state index < -0.39 is 17.7 Å². The third kappa shape index (κ3) is 5.62. The van der Waals surface area contributed by atoms with E-state index in [1.807, 2.05) is 0 Å². The van der Waals surface area contributed by atoms with E-state index in [1.165, 1.54) is 6.07 Å². The van der Waals surface area contributed by atoms with E-state index in [0.29, 0.717) is 66.7 Å². The summed E-state index contributed by atoms with van der Waals surface area (Å²) >= 11 is 0. The van der Waals surface area contributed by atoms with Gasteiger partial charge in [-0.3, -0.25) is 0 Å². The summed E-state index contributed by atoms with van der Waals surface area (Å²) in [5.74, 6) is -1.50. The Labute approximate surface area is 205 Å². The van der Waals surface area contributed by atoms with E-state index >= 15 is 8.78 Å². The van der Waals surface area contributed by atoms with Crippen molar-refractivity contribution in [2.24, 2.45) is 0 Å². The number of benzene rings is 3. The molecule has 1 unspecified atom stereocenters. The molecule has 1 N–H and O–H groups in total. The van der Waals surface area contributed by atoms with Crippen LogP contribution in [-0.4, -0.2) is 11.7 Å². The Morgan fingerprint density at radius 2 is 1.54 bits per heavy atom. The molecule has 184 valence electrons. The Morgan fingerprint density at radius 1 is 0.914 bits per heavy atom. The number of halogens is 3. The number of ether oxygens (including phenoxy) is 1. The van der Waals surface area contributed by atoms with Gasteiger partial charge in [-0.2, -0.15) is 0 Å². The SMILES string of the molecule is C=CCCOc1ccc(C2CCC(c3ccc(-c4ccc(C(C)O)cc4)c(F)c3F)CC2)c(F)c1. The maximum absolute atomic E-state index is 15.1. The highest BCUT2D eigenvalue weighted by molar-refractivity contribution is 5.65. The maximum atomic E-state index is 15.1. The molecule has 0 aliphatic heterocycles. The normalized spacial score (nSPS) is 18.8. The first-order chi connectivity index (χ1) is 16.9. The van der Waals surface area contributed by atoms with Crippen molar-refractivity contribution >= 4 is 0 Å². The minimum absolute atomic E-state index is 0.0492. The summed E-state index contributed by atoms with van der Waals surface area (Å²) in [5, 5.41) is 9.66. The molecule has 2 nitrogen and oxygen atoms in total. The van der Waals surface area contributed by atoms with Gasteiger partial charge < -0.3 is 9.84 Å². The fourth-order valence-electron chi connectivity index (χ4n) is 4.95. The molecule has 3 aromatic carbocycles. The first-order valence-corrected chi connectivity index (χ1v) is 12.2. The molecule has 0 amide bonds. The van der Waals surface area contributed by atoms with Crippen LogP contribution in [0.15, 0.2) is 67.3 Å². The second-order valence-electron chi connectivity index (χ2n) is 9.29. The van der Waals surface area contributed by atoms with Crippen molar-refractivity contribution in [2.45, 2.75) is 57.0 Å². The molecule has 4 rings (SSSR count). The van der Waals surface area contributed by atoms with Crippen LogP contribution in [0, 0.1) is 17.5 Å². The maximum Gasteiger partial charge on any atom is 0.166 e. The van der Waals surface area contributed by atoms with Crippen molar-refractivity contribution in [3.8, 4) is 16.9 Å². The first-order valence-electron chi connectivity index (χ1n) is 12.2. The summed E-state index contributed by atoms with van der Waals surface area (Å²) in [6.07, 6.45) is 4.58. The molecule has 1 aliphatic carbocycles. The van der Waals surface area contributed by atoms with Crippen LogP contribution in [0.4, 0.5) is 13.2 Å².